The second-order valence-electron chi connectivity index (χ2n) is 5.39. The fourth-order valence-corrected chi connectivity index (χ4v) is 2.13. The van der Waals surface area contributed by atoms with Crippen LogP contribution in [-0.2, 0) is 9.47 Å². The third-order valence-electron chi connectivity index (χ3n) is 3.91. The number of hydrogen-bond donors (Lipinski definition) is 4. The SMILES string of the molecule is CCCCOC(O)C(CO)(CO)C(O)(CC)OCCCC. The molecule has 0 aliphatic heterocycles. The lowest BCUT2D eigenvalue weighted by molar-refractivity contribution is -0.349. The predicted molar refractivity (Wildman–Crippen MR) is 79.6 cm³/mol. The van der Waals surface area contributed by atoms with E-state index in [1.165, 1.54) is 0 Å². The molecule has 0 aliphatic carbocycles. The Kier molecular flexibility index (Phi) is 10.4. The number of unbranched alkanes of at least 4 members (excludes halogenated alkanes) is 2. The molecule has 0 aromatic heterocycles. The van der Waals surface area contributed by atoms with Gasteiger partial charge in [-0.25, -0.2) is 0 Å². The lowest BCUT2D eigenvalue weighted by Gasteiger charge is -2.46. The Hall–Kier alpha value is -0.240. The van der Waals surface area contributed by atoms with Gasteiger partial charge in [0.25, 0.3) is 0 Å². The van der Waals surface area contributed by atoms with Crippen LogP contribution in [0.1, 0.15) is 52.9 Å². The monoisotopic (exact) mass is 308 g/mol. The number of aliphatic hydroxyl groups excluding tert-OH is 3. The van der Waals surface area contributed by atoms with Gasteiger partial charge in [-0.05, 0) is 19.3 Å². The molecule has 21 heavy (non-hydrogen) atoms. The zero-order chi connectivity index (χ0) is 16.4. The first kappa shape index (κ1) is 20.8. The minimum atomic E-state index is -1.85. The van der Waals surface area contributed by atoms with E-state index in [-0.39, 0.29) is 19.6 Å². The van der Waals surface area contributed by atoms with Crippen LogP contribution in [0.5, 0.6) is 0 Å². The molecule has 0 saturated heterocycles. The lowest BCUT2D eigenvalue weighted by atomic mass is 9.78. The van der Waals surface area contributed by atoms with Crippen LogP contribution in [0.3, 0.4) is 0 Å². The van der Waals surface area contributed by atoms with Crippen LogP contribution in [0.4, 0.5) is 0 Å². The minimum absolute atomic E-state index is 0.117. The summed E-state index contributed by atoms with van der Waals surface area (Å²) in [6, 6.07) is 0. The number of ether oxygens (including phenoxy) is 2. The maximum Gasteiger partial charge on any atom is 0.180 e. The Bertz CT molecular complexity index is 257. The molecule has 0 radical (unpaired) electrons. The summed E-state index contributed by atoms with van der Waals surface area (Å²) in [7, 11) is 0. The standard InChI is InChI=1S/C15H32O6/c1-4-7-9-20-13(18)14(11-16,12-17)15(19,6-3)21-10-8-5-2/h13,16-19H,4-12H2,1-3H3. The van der Waals surface area contributed by atoms with E-state index in [2.05, 4.69) is 0 Å². The van der Waals surface area contributed by atoms with Crippen LogP contribution in [0.2, 0.25) is 0 Å². The molecule has 0 fully saturated rings. The molecular weight excluding hydrogens is 276 g/mol. The van der Waals surface area contributed by atoms with Crippen molar-refractivity contribution in [3.05, 3.63) is 0 Å². The summed E-state index contributed by atoms with van der Waals surface area (Å²) in [5.74, 6) is -1.85. The first-order valence-electron chi connectivity index (χ1n) is 7.85. The number of hydrogen-bond acceptors (Lipinski definition) is 6. The van der Waals surface area contributed by atoms with Crippen molar-refractivity contribution in [1.29, 1.82) is 0 Å². The average Bonchev–Trinajstić information content (AvgIpc) is 2.49. The molecule has 0 aromatic rings. The maximum atomic E-state index is 10.7. The quantitative estimate of drug-likeness (QED) is 0.299. The van der Waals surface area contributed by atoms with Crippen molar-refractivity contribution < 1.29 is 29.9 Å². The van der Waals surface area contributed by atoms with E-state index in [0.717, 1.165) is 25.7 Å². The van der Waals surface area contributed by atoms with Crippen LogP contribution < -0.4 is 0 Å². The molecule has 128 valence electrons. The van der Waals surface area contributed by atoms with Gasteiger partial charge >= 0.3 is 0 Å². The predicted octanol–water partition coefficient (Wildman–Crippen LogP) is 1.01. The number of aliphatic hydroxyl groups is 4. The Morgan fingerprint density at radius 2 is 1.48 bits per heavy atom. The highest BCUT2D eigenvalue weighted by Gasteiger charge is 2.55. The third kappa shape index (κ3) is 5.16. The molecular formula is C15H32O6. The fraction of sp³-hybridized carbons (Fsp3) is 1.00. The summed E-state index contributed by atoms with van der Waals surface area (Å²) in [6.07, 6.45) is 1.87. The first-order chi connectivity index (χ1) is 9.97. The first-order valence-corrected chi connectivity index (χ1v) is 7.85. The van der Waals surface area contributed by atoms with Gasteiger partial charge in [-0.2, -0.15) is 0 Å². The lowest BCUT2D eigenvalue weighted by Crippen LogP contribution is -2.61. The van der Waals surface area contributed by atoms with Gasteiger partial charge < -0.3 is 29.9 Å². The summed E-state index contributed by atoms with van der Waals surface area (Å²) in [5, 5.41) is 40.3. The molecule has 0 heterocycles. The summed E-state index contributed by atoms with van der Waals surface area (Å²) >= 11 is 0. The molecule has 0 amide bonds. The van der Waals surface area contributed by atoms with Gasteiger partial charge in [-0.1, -0.05) is 33.6 Å². The maximum absolute atomic E-state index is 10.7. The molecule has 2 atom stereocenters. The van der Waals surface area contributed by atoms with Crippen LogP contribution in [0.25, 0.3) is 0 Å². The molecule has 0 aliphatic rings. The summed E-state index contributed by atoms with van der Waals surface area (Å²) in [6.45, 7) is 4.92. The third-order valence-corrected chi connectivity index (χ3v) is 3.91. The normalized spacial score (nSPS) is 16.7. The Morgan fingerprint density at radius 1 is 0.952 bits per heavy atom. The Labute approximate surface area is 127 Å². The fourth-order valence-electron chi connectivity index (χ4n) is 2.13. The summed E-state index contributed by atoms with van der Waals surface area (Å²) < 4.78 is 10.8. The molecule has 6 nitrogen and oxygen atoms in total. The van der Waals surface area contributed by atoms with Gasteiger partial charge in [0.1, 0.15) is 5.41 Å². The van der Waals surface area contributed by atoms with E-state index in [4.69, 9.17) is 9.47 Å². The highest BCUT2D eigenvalue weighted by atomic mass is 16.6. The van der Waals surface area contributed by atoms with Crippen molar-refractivity contribution in [2.45, 2.75) is 65.0 Å². The van der Waals surface area contributed by atoms with Gasteiger partial charge in [0.2, 0.25) is 0 Å². The topological polar surface area (TPSA) is 99.4 Å². The van der Waals surface area contributed by atoms with E-state index in [9.17, 15) is 20.4 Å². The van der Waals surface area contributed by atoms with Gasteiger partial charge in [0.15, 0.2) is 12.1 Å². The average molecular weight is 308 g/mol. The second-order valence-corrected chi connectivity index (χ2v) is 5.39. The van der Waals surface area contributed by atoms with E-state index in [1.54, 1.807) is 6.92 Å². The molecule has 0 bridgehead atoms. The minimum Gasteiger partial charge on any atom is -0.395 e. The highest BCUT2D eigenvalue weighted by molar-refractivity contribution is 4.94. The zero-order valence-electron chi connectivity index (χ0n) is 13.5. The van der Waals surface area contributed by atoms with E-state index in [0.29, 0.717) is 0 Å². The smallest absolute Gasteiger partial charge is 0.180 e. The molecule has 0 aromatic carbocycles. The van der Waals surface area contributed by atoms with Gasteiger partial charge in [0.05, 0.1) is 19.8 Å². The summed E-state index contributed by atoms with van der Waals surface area (Å²) in [4.78, 5) is 0. The molecule has 0 spiro atoms. The van der Waals surface area contributed by atoms with Crippen molar-refractivity contribution in [1.82, 2.24) is 0 Å². The van der Waals surface area contributed by atoms with Crippen molar-refractivity contribution in [2.24, 2.45) is 5.41 Å². The van der Waals surface area contributed by atoms with Gasteiger partial charge in [-0.3, -0.25) is 0 Å². The Morgan fingerprint density at radius 3 is 1.90 bits per heavy atom. The Balaban J connectivity index is 5.07. The van der Waals surface area contributed by atoms with E-state index in [1.807, 2.05) is 13.8 Å². The highest BCUT2D eigenvalue weighted by Crippen LogP contribution is 2.39. The summed E-state index contributed by atoms with van der Waals surface area (Å²) in [5.41, 5.74) is -1.68. The van der Waals surface area contributed by atoms with Crippen LogP contribution in [-0.4, -0.2) is 58.9 Å². The number of rotatable bonds is 13. The largest absolute Gasteiger partial charge is 0.395 e. The van der Waals surface area contributed by atoms with E-state index >= 15 is 0 Å². The molecule has 6 heteroatoms. The zero-order valence-corrected chi connectivity index (χ0v) is 13.5. The second kappa shape index (κ2) is 10.5. The van der Waals surface area contributed by atoms with Crippen LogP contribution in [0.15, 0.2) is 0 Å². The van der Waals surface area contributed by atoms with Crippen molar-refractivity contribution in [3.8, 4) is 0 Å². The molecule has 0 rings (SSSR count). The van der Waals surface area contributed by atoms with E-state index < -0.39 is 30.7 Å². The van der Waals surface area contributed by atoms with Gasteiger partial charge in [-0.15, -0.1) is 0 Å². The molecule has 2 unspecified atom stereocenters. The van der Waals surface area contributed by atoms with Crippen LogP contribution >= 0.6 is 0 Å². The van der Waals surface area contributed by atoms with Crippen molar-refractivity contribution in [2.75, 3.05) is 26.4 Å². The van der Waals surface area contributed by atoms with Crippen molar-refractivity contribution in [3.63, 3.8) is 0 Å². The van der Waals surface area contributed by atoms with Crippen molar-refractivity contribution >= 4 is 0 Å². The molecule has 4 N–H and O–H groups in total. The molecule has 0 saturated carbocycles. The van der Waals surface area contributed by atoms with Gasteiger partial charge in [0, 0.05) is 6.61 Å². The van der Waals surface area contributed by atoms with Crippen LogP contribution in [0, 0.1) is 5.41 Å².